The maximum atomic E-state index is 4.18. The third-order valence-corrected chi connectivity index (χ3v) is 3.60. The Morgan fingerprint density at radius 1 is 1.21 bits per heavy atom. The highest BCUT2D eigenvalue weighted by molar-refractivity contribution is 4.91. The fourth-order valence-corrected chi connectivity index (χ4v) is 2.35. The van der Waals surface area contributed by atoms with Crippen LogP contribution in [0.1, 0.15) is 19.0 Å². The molecule has 1 aliphatic rings. The van der Waals surface area contributed by atoms with Crippen molar-refractivity contribution in [1.82, 2.24) is 30.1 Å². The molecule has 1 aromatic heterocycles. The van der Waals surface area contributed by atoms with Crippen LogP contribution < -0.4 is 5.32 Å². The summed E-state index contributed by atoms with van der Waals surface area (Å²) in [6, 6.07) is 0. The lowest BCUT2D eigenvalue weighted by Gasteiger charge is -2.19. The number of rotatable bonds is 6. The topological polar surface area (TPSA) is 49.2 Å². The molecule has 6 nitrogen and oxygen atoms in total. The summed E-state index contributed by atoms with van der Waals surface area (Å²) in [4.78, 5) is 4.93. The summed E-state index contributed by atoms with van der Waals surface area (Å²) < 4.78 is 1.96. The van der Waals surface area contributed by atoms with Gasteiger partial charge in [0.15, 0.2) is 0 Å². The molecular formula is C13H26N6. The summed E-state index contributed by atoms with van der Waals surface area (Å²) >= 11 is 0. The standard InChI is InChI=1S/C13H26N6/c1-3-14-11-13-12-19(16-15-13)10-9-18-6-4-5-17(2)7-8-18/h12,14H,3-11H2,1-2H3. The second-order valence-electron chi connectivity index (χ2n) is 5.25. The molecule has 2 rings (SSSR count). The molecule has 0 atom stereocenters. The van der Waals surface area contributed by atoms with Crippen molar-refractivity contribution in [1.29, 1.82) is 0 Å². The normalized spacial score (nSPS) is 18.6. The van der Waals surface area contributed by atoms with E-state index in [-0.39, 0.29) is 0 Å². The SMILES string of the molecule is CCNCc1cn(CCN2CCCN(C)CC2)nn1. The lowest BCUT2D eigenvalue weighted by molar-refractivity contribution is 0.262. The zero-order valence-electron chi connectivity index (χ0n) is 12.2. The van der Waals surface area contributed by atoms with Gasteiger partial charge in [-0.3, -0.25) is 4.68 Å². The number of nitrogens with zero attached hydrogens (tertiary/aromatic N) is 5. The van der Waals surface area contributed by atoms with Gasteiger partial charge in [0.25, 0.3) is 0 Å². The van der Waals surface area contributed by atoms with Gasteiger partial charge in [0.2, 0.25) is 0 Å². The van der Waals surface area contributed by atoms with Gasteiger partial charge in [0.05, 0.1) is 12.2 Å². The van der Waals surface area contributed by atoms with Crippen LogP contribution in [0.3, 0.4) is 0 Å². The average molecular weight is 266 g/mol. The molecule has 0 aliphatic carbocycles. The van der Waals surface area contributed by atoms with Crippen molar-refractivity contribution in [2.45, 2.75) is 26.4 Å². The molecule has 0 amide bonds. The lowest BCUT2D eigenvalue weighted by atomic mass is 10.4. The highest BCUT2D eigenvalue weighted by Crippen LogP contribution is 2.01. The zero-order valence-corrected chi connectivity index (χ0v) is 12.2. The lowest BCUT2D eigenvalue weighted by Crippen LogP contribution is -2.31. The van der Waals surface area contributed by atoms with Crippen LogP contribution in [0, 0.1) is 0 Å². The van der Waals surface area contributed by atoms with E-state index in [1.807, 2.05) is 10.9 Å². The van der Waals surface area contributed by atoms with Crippen LogP contribution in [-0.4, -0.2) is 71.1 Å². The molecule has 0 spiro atoms. The van der Waals surface area contributed by atoms with Crippen molar-refractivity contribution in [2.24, 2.45) is 0 Å². The molecule has 108 valence electrons. The van der Waals surface area contributed by atoms with E-state index in [0.29, 0.717) is 0 Å². The van der Waals surface area contributed by atoms with Crippen LogP contribution in [0.25, 0.3) is 0 Å². The average Bonchev–Trinajstić information content (AvgIpc) is 2.76. The molecule has 1 aliphatic heterocycles. The Labute approximate surface area is 115 Å². The molecule has 1 aromatic rings. The van der Waals surface area contributed by atoms with Crippen molar-refractivity contribution in [2.75, 3.05) is 46.3 Å². The van der Waals surface area contributed by atoms with Crippen LogP contribution in [0.15, 0.2) is 6.20 Å². The van der Waals surface area contributed by atoms with E-state index >= 15 is 0 Å². The summed E-state index contributed by atoms with van der Waals surface area (Å²) in [5.41, 5.74) is 1.03. The molecule has 1 N–H and O–H groups in total. The van der Waals surface area contributed by atoms with Gasteiger partial charge in [-0.05, 0) is 33.1 Å². The second-order valence-corrected chi connectivity index (χ2v) is 5.25. The van der Waals surface area contributed by atoms with Crippen molar-refractivity contribution >= 4 is 0 Å². The van der Waals surface area contributed by atoms with E-state index in [9.17, 15) is 0 Å². The molecule has 0 aromatic carbocycles. The van der Waals surface area contributed by atoms with Gasteiger partial charge in [0, 0.05) is 32.4 Å². The van der Waals surface area contributed by atoms with Gasteiger partial charge in [-0.15, -0.1) is 5.10 Å². The molecule has 1 fully saturated rings. The molecule has 0 saturated carbocycles. The molecule has 1 saturated heterocycles. The number of hydrogen-bond acceptors (Lipinski definition) is 5. The Morgan fingerprint density at radius 2 is 2.11 bits per heavy atom. The van der Waals surface area contributed by atoms with E-state index < -0.39 is 0 Å². The van der Waals surface area contributed by atoms with Crippen molar-refractivity contribution in [3.8, 4) is 0 Å². The van der Waals surface area contributed by atoms with Gasteiger partial charge < -0.3 is 15.1 Å². The molecular weight excluding hydrogens is 240 g/mol. The summed E-state index contributed by atoms with van der Waals surface area (Å²) in [5, 5.41) is 11.6. The highest BCUT2D eigenvalue weighted by Gasteiger charge is 2.11. The largest absolute Gasteiger partial charge is 0.311 e. The fourth-order valence-electron chi connectivity index (χ4n) is 2.35. The van der Waals surface area contributed by atoms with Gasteiger partial charge in [-0.25, -0.2) is 0 Å². The maximum Gasteiger partial charge on any atom is 0.0964 e. The summed E-state index contributed by atoms with van der Waals surface area (Å²) in [5.74, 6) is 0. The Bertz CT molecular complexity index is 364. The van der Waals surface area contributed by atoms with Crippen LogP contribution >= 0.6 is 0 Å². The van der Waals surface area contributed by atoms with E-state index in [0.717, 1.165) is 38.4 Å². The number of aromatic nitrogens is 3. The minimum atomic E-state index is 0.811. The van der Waals surface area contributed by atoms with Gasteiger partial charge in [0.1, 0.15) is 0 Å². The predicted octanol–water partition coefficient (Wildman–Crippen LogP) is 0.0251. The Balaban J connectivity index is 1.73. The second kappa shape index (κ2) is 7.57. The van der Waals surface area contributed by atoms with Crippen molar-refractivity contribution < 1.29 is 0 Å². The maximum absolute atomic E-state index is 4.18. The smallest absolute Gasteiger partial charge is 0.0964 e. The minimum Gasteiger partial charge on any atom is -0.311 e. The van der Waals surface area contributed by atoms with E-state index in [4.69, 9.17) is 0 Å². The third kappa shape index (κ3) is 4.89. The van der Waals surface area contributed by atoms with E-state index in [1.165, 1.54) is 26.1 Å². The van der Waals surface area contributed by atoms with Gasteiger partial charge in [-0.2, -0.15) is 0 Å². The molecule has 0 radical (unpaired) electrons. The first kappa shape index (κ1) is 14.4. The summed E-state index contributed by atoms with van der Waals surface area (Å²) in [6.45, 7) is 10.6. The third-order valence-electron chi connectivity index (χ3n) is 3.60. The summed E-state index contributed by atoms with van der Waals surface area (Å²) in [6.07, 6.45) is 3.31. The Morgan fingerprint density at radius 3 is 2.95 bits per heavy atom. The van der Waals surface area contributed by atoms with Crippen molar-refractivity contribution in [3.05, 3.63) is 11.9 Å². The highest BCUT2D eigenvalue weighted by atomic mass is 15.4. The Kier molecular flexibility index (Phi) is 5.75. The van der Waals surface area contributed by atoms with E-state index in [2.05, 4.69) is 39.4 Å². The number of likely N-dealkylation sites (N-methyl/N-ethyl adjacent to an activating group) is 1. The van der Waals surface area contributed by atoms with Gasteiger partial charge in [-0.1, -0.05) is 12.1 Å². The summed E-state index contributed by atoms with van der Waals surface area (Å²) in [7, 11) is 2.20. The monoisotopic (exact) mass is 266 g/mol. The number of hydrogen-bond donors (Lipinski definition) is 1. The molecule has 2 heterocycles. The van der Waals surface area contributed by atoms with Crippen LogP contribution in [0.5, 0.6) is 0 Å². The molecule has 6 heteroatoms. The zero-order chi connectivity index (χ0) is 13.5. The minimum absolute atomic E-state index is 0.811. The molecule has 0 unspecified atom stereocenters. The fraction of sp³-hybridized carbons (Fsp3) is 0.846. The first-order chi connectivity index (χ1) is 9.28. The quantitative estimate of drug-likeness (QED) is 0.787. The number of nitrogens with one attached hydrogen (secondary N) is 1. The van der Waals surface area contributed by atoms with Gasteiger partial charge >= 0.3 is 0 Å². The van der Waals surface area contributed by atoms with Crippen molar-refractivity contribution in [3.63, 3.8) is 0 Å². The van der Waals surface area contributed by atoms with Crippen LogP contribution in [0.2, 0.25) is 0 Å². The Hall–Kier alpha value is -0.980. The van der Waals surface area contributed by atoms with Crippen LogP contribution in [-0.2, 0) is 13.1 Å². The first-order valence-electron chi connectivity index (χ1n) is 7.28. The first-order valence-corrected chi connectivity index (χ1v) is 7.28. The van der Waals surface area contributed by atoms with E-state index in [1.54, 1.807) is 0 Å². The molecule has 19 heavy (non-hydrogen) atoms. The molecule has 0 bridgehead atoms. The predicted molar refractivity (Wildman–Crippen MR) is 76.0 cm³/mol. The van der Waals surface area contributed by atoms with Crippen LogP contribution in [0.4, 0.5) is 0 Å².